The zero-order valence-electron chi connectivity index (χ0n) is 13.9. The van der Waals surface area contributed by atoms with Gasteiger partial charge in [-0.3, -0.25) is 14.3 Å². The first-order valence-electron chi connectivity index (χ1n) is 7.90. The summed E-state index contributed by atoms with van der Waals surface area (Å²) in [6, 6.07) is 1.61. The van der Waals surface area contributed by atoms with Gasteiger partial charge in [-0.15, -0.1) is 0 Å². The lowest BCUT2D eigenvalue weighted by atomic mass is 9.86. The van der Waals surface area contributed by atoms with Crippen LogP contribution in [0.4, 0.5) is 13.2 Å². The van der Waals surface area contributed by atoms with Gasteiger partial charge in [0.05, 0.1) is 13.0 Å². The van der Waals surface area contributed by atoms with E-state index < -0.39 is 24.2 Å². The van der Waals surface area contributed by atoms with E-state index in [4.69, 9.17) is 4.74 Å². The fourth-order valence-electron chi connectivity index (χ4n) is 2.90. The molecule has 1 N–H and O–H groups in total. The van der Waals surface area contributed by atoms with Gasteiger partial charge in [0, 0.05) is 32.6 Å². The number of likely N-dealkylation sites (tertiary alicyclic amines) is 1. The zero-order valence-corrected chi connectivity index (χ0v) is 13.9. The van der Waals surface area contributed by atoms with E-state index >= 15 is 0 Å². The minimum atomic E-state index is -4.49. The maximum Gasteiger partial charge on any atom is 0.405 e. The number of methoxy groups -OCH3 is 1. The number of alkyl halides is 3. The molecule has 0 aliphatic carbocycles. The lowest BCUT2D eigenvalue weighted by Gasteiger charge is -2.40. The first kappa shape index (κ1) is 19.2. The summed E-state index contributed by atoms with van der Waals surface area (Å²) in [4.78, 5) is 26.2. The molecule has 0 unspecified atom stereocenters. The monoisotopic (exact) mass is 362 g/mol. The molecule has 2 rings (SSSR count). The molecule has 25 heavy (non-hydrogen) atoms. The second-order valence-corrected chi connectivity index (χ2v) is 5.90. The van der Waals surface area contributed by atoms with E-state index in [2.05, 4.69) is 5.10 Å². The van der Waals surface area contributed by atoms with Crippen LogP contribution in [0.5, 0.6) is 0 Å². The molecule has 1 aliphatic rings. The fourth-order valence-corrected chi connectivity index (χ4v) is 2.90. The summed E-state index contributed by atoms with van der Waals surface area (Å²) in [5.41, 5.74) is -1.23. The molecule has 0 radical (unpaired) electrons. The van der Waals surface area contributed by atoms with Crippen molar-refractivity contribution in [2.24, 2.45) is 0 Å². The molecule has 1 aliphatic heterocycles. The summed E-state index contributed by atoms with van der Waals surface area (Å²) in [5.74, 6) is -0.843. The molecule has 10 heteroatoms. The molecule has 0 saturated carbocycles. The van der Waals surface area contributed by atoms with Gasteiger partial charge >= 0.3 is 6.18 Å². The van der Waals surface area contributed by atoms with Crippen LogP contribution >= 0.6 is 0 Å². The lowest BCUT2D eigenvalue weighted by molar-refractivity contribution is -0.148. The Morgan fingerprint density at radius 3 is 2.52 bits per heavy atom. The van der Waals surface area contributed by atoms with E-state index in [1.54, 1.807) is 17.2 Å². The number of carbonyl (C=O) groups is 2. The number of piperidine rings is 1. The Labute approximate surface area is 143 Å². The summed E-state index contributed by atoms with van der Waals surface area (Å²) >= 11 is 0. The number of amides is 2. The highest BCUT2D eigenvalue weighted by Gasteiger charge is 2.45. The van der Waals surface area contributed by atoms with Gasteiger partial charge in [-0.05, 0) is 18.9 Å². The Morgan fingerprint density at radius 2 is 2.00 bits per heavy atom. The van der Waals surface area contributed by atoms with Crippen molar-refractivity contribution in [1.29, 1.82) is 0 Å². The summed E-state index contributed by atoms with van der Waals surface area (Å²) in [6.45, 7) is -0.569. The molecule has 1 fully saturated rings. The second kappa shape index (κ2) is 7.85. The van der Waals surface area contributed by atoms with Crippen LogP contribution in [0.1, 0.15) is 19.3 Å². The molecule has 140 valence electrons. The predicted molar refractivity (Wildman–Crippen MR) is 81.6 cm³/mol. The topological polar surface area (TPSA) is 76.5 Å². The van der Waals surface area contributed by atoms with Gasteiger partial charge in [-0.2, -0.15) is 18.3 Å². The first-order valence-corrected chi connectivity index (χ1v) is 7.90. The Hall–Kier alpha value is -2.10. The summed E-state index contributed by atoms with van der Waals surface area (Å²) < 4.78 is 43.6. The van der Waals surface area contributed by atoms with E-state index in [1.807, 2.05) is 5.32 Å². The van der Waals surface area contributed by atoms with Crippen LogP contribution in [0.15, 0.2) is 18.5 Å². The van der Waals surface area contributed by atoms with Crippen molar-refractivity contribution < 1.29 is 27.5 Å². The Balaban J connectivity index is 2.09. The van der Waals surface area contributed by atoms with Crippen molar-refractivity contribution in [3.8, 4) is 0 Å². The van der Waals surface area contributed by atoms with Gasteiger partial charge in [0.1, 0.15) is 12.1 Å². The van der Waals surface area contributed by atoms with Crippen LogP contribution in [-0.4, -0.2) is 66.0 Å². The minimum Gasteiger partial charge on any atom is -0.384 e. The van der Waals surface area contributed by atoms with Gasteiger partial charge in [0.15, 0.2) is 0 Å². The molecular weight excluding hydrogens is 341 g/mol. The molecule has 7 nitrogen and oxygen atoms in total. The van der Waals surface area contributed by atoms with Crippen molar-refractivity contribution in [3.63, 3.8) is 0 Å². The maximum absolute atomic E-state index is 12.5. The number of nitrogens with zero attached hydrogens (tertiary/aromatic N) is 3. The van der Waals surface area contributed by atoms with Crippen molar-refractivity contribution in [1.82, 2.24) is 20.0 Å². The van der Waals surface area contributed by atoms with E-state index in [0.29, 0.717) is 6.61 Å². The highest BCUT2D eigenvalue weighted by molar-refractivity contribution is 5.85. The summed E-state index contributed by atoms with van der Waals surface area (Å²) in [5, 5.41) is 6.00. The molecular formula is C15H21F3N4O3. The number of hydrogen-bond acceptors (Lipinski definition) is 4. The second-order valence-electron chi connectivity index (χ2n) is 5.90. The van der Waals surface area contributed by atoms with Crippen molar-refractivity contribution in [2.75, 3.05) is 33.4 Å². The number of nitrogens with one attached hydrogen (secondary N) is 1. The molecule has 0 bridgehead atoms. The van der Waals surface area contributed by atoms with Gasteiger partial charge in [-0.25, -0.2) is 0 Å². The van der Waals surface area contributed by atoms with Gasteiger partial charge in [0.25, 0.3) is 0 Å². The van der Waals surface area contributed by atoms with E-state index in [9.17, 15) is 22.8 Å². The Morgan fingerprint density at radius 1 is 1.32 bits per heavy atom. The predicted octanol–water partition coefficient (Wildman–Crippen LogP) is 0.916. The number of hydrogen-bond donors (Lipinski definition) is 1. The van der Waals surface area contributed by atoms with Gasteiger partial charge in [-0.1, -0.05) is 0 Å². The average molecular weight is 362 g/mol. The highest BCUT2D eigenvalue weighted by Crippen LogP contribution is 2.30. The van der Waals surface area contributed by atoms with E-state index in [-0.39, 0.29) is 38.3 Å². The van der Waals surface area contributed by atoms with Crippen molar-refractivity contribution >= 4 is 11.8 Å². The molecule has 2 amide bonds. The normalized spacial score (nSPS) is 17.4. The van der Waals surface area contributed by atoms with Crippen LogP contribution in [-0.2, 0) is 19.9 Å². The third-order valence-electron chi connectivity index (χ3n) is 4.28. The third-order valence-corrected chi connectivity index (χ3v) is 4.28. The zero-order chi connectivity index (χ0) is 18.5. The average Bonchev–Trinajstić information content (AvgIpc) is 3.12. The SMILES string of the molecule is COCCC(=O)N1CCC(C(=O)NCC(F)(F)F)(n2cccn2)CC1. The summed E-state index contributed by atoms with van der Waals surface area (Å²) in [7, 11) is 1.50. The smallest absolute Gasteiger partial charge is 0.384 e. The number of rotatable bonds is 6. The first-order chi connectivity index (χ1) is 11.8. The molecule has 1 saturated heterocycles. The van der Waals surface area contributed by atoms with Crippen LogP contribution in [0.25, 0.3) is 0 Å². The Bertz CT molecular complexity index is 581. The van der Waals surface area contributed by atoms with Crippen LogP contribution in [0, 0.1) is 0 Å². The highest BCUT2D eigenvalue weighted by atomic mass is 19.4. The molecule has 0 atom stereocenters. The molecule has 1 aromatic rings. The molecule has 0 aromatic carbocycles. The lowest BCUT2D eigenvalue weighted by Crippen LogP contribution is -2.57. The maximum atomic E-state index is 12.5. The number of halogens is 3. The number of ether oxygens (including phenoxy) is 1. The quantitative estimate of drug-likeness (QED) is 0.816. The van der Waals surface area contributed by atoms with E-state index in [0.717, 1.165) is 0 Å². The van der Waals surface area contributed by atoms with Crippen LogP contribution in [0.2, 0.25) is 0 Å². The molecule has 2 heterocycles. The number of aromatic nitrogens is 2. The minimum absolute atomic E-state index is 0.105. The van der Waals surface area contributed by atoms with Crippen LogP contribution in [0.3, 0.4) is 0 Å². The Kier molecular flexibility index (Phi) is 6.04. The van der Waals surface area contributed by atoms with Crippen molar-refractivity contribution in [3.05, 3.63) is 18.5 Å². The van der Waals surface area contributed by atoms with Gasteiger partial charge < -0.3 is 15.0 Å². The summed E-state index contributed by atoms with van der Waals surface area (Å²) in [6.07, 6.45) is -0.859. The largest absolute Gasteiger partial charge is 0.405 e. The van der Waals surface area contributed by atoms with E-state index in [1.165, 1.54) is 18.0 Å². The fraction of sp³-hybridized carbons (Fsp3) is 0.667. The van der Waals surface area contributed by atoms with Crippen LogP contribution < -0.4 is 5.32 Å². The molecule has 0 spiro atoms. The van der Waals surface area contributed by atoms with Crippen molar-refractivity contribution in [2.45, 2.75) is 31.0 Å². The third kappa shape index (κ3) is 4.71. The molecule has 1 aromatic heterocycles. The van der Waals surface area contributed by atoms with Gasteiger partial charge in [0.2, 0.25) is 11.8 Å². The number of carbonyl (C=O) groups excluding carboxylic acids is 2. The standard InChI is InChI=1S/C15H21F3N4O3/c1-25-10-3-12(23)21-8-4-14(5-9-21,22-7-2-6-20-22)13(24)19-11-15(16,17)18/h2,6-7H,3-5,8-11H2,1H3,(H,19,24).